The Balaban J connectivity index is 1.66. The molecule has 0 radical (unpaired) electrons. The van der Waals surface area contributed by atoms with Crippen LogP contribution in [-0.2, 0) is 12.8 Å². The largest absolute Gasteiger partial charge is 0.339 e. The van der Waals surface area contributed by atoms with Crippen LogP contribution in [0.4, 0.5) is 4.39 Å². The number of rotatable bonds is 5. The molecule has 2 aromatic rings. The maximum Gasteiger partial charge on any atom is 0.228 e. The van der Waals surface area contributed by atoms with Crippen LogP contribution in [-0.4, -0.2) is 16.2 Å². The molecule has 0 bridgehead atoms. The zero-order valence-electron chi connectivity index (χ0n) is 10.6. The molecule has 0 amide bonds. The molecule has 19 heavy (non-hydrogen) atoms. The van der Waals surface area contributed by atoms with Crippen molar-refractivity contribution in [3.05, 3.63) is 47.4 Å². The summed E-state index contributed by atoms with van der Waals surface area (Å²) >= 11 is 0. The van der Waals surface area contributed by atoms with Gasteiger partial charge in [0.25, 0.3) is 0 Å². The second kappa shape index (κ2) is 5.09. The minimum absolute atomic E-state index is 0.0989. The van der Waals surface area contributed by atoms with E-state index < -0.39 is 0 Å². The van der Waals surface area contributed by atoms with Crippen molar-refractivity contribution < 1.29 is 8.91 Å². The van der Waals surface area contributed by atoms with Gasteiger partial charge in [0.1, 0.15) is 5.82 Å². The third-order valence-corrected chi connectivity index (χ3v) is 3.45. The molecule has 0 saturated heterocycles. The fraction of sp³-hybridized carbons (Fsp3) is 0.429. The summed E-state index contributed by atoms with van der Waals surface area (Å²) in [5.41, 5.74) is 6.58. The third kappa shape index (κ3) is 2.98. The minimum Gasteiger partial charge on any atom is -0.339 e. The molecule has 100 valence electrons. The Morgan fingerprint density at radius 2 is 2.16 bits per heavy atom. The molecule has 1 aliphatic rings. The van der Waals surface area contributed by atoms with Crippen molar-refractivity contribution >= 4 is 0 Å². The van der Waals surface area contributed by atoms with Gasteiger partial charge in [-0.1, -0.05) is 23.4 Å². The van der Waals surface area contributed by atoms with E-state index >= 15 is 0 Å². The highest BCUT2D eigenvalue weighted by atomic mass is 19.1. The summed E-state index contributed by atoms with van der Waals surface area (Å²) in [6, 6.07) is 6.71. The standard InChI is InChI=1S/C14H16FN3O/c15-11-4-2-1-3-10(11)7-13-17-14(19-18-13)8-12(16)9-5-6-9/h1-4,9,12H,5-8,16H2. The summed E-state index contributed by atoms with van der Waals surface area (Å²) in [5.74, 6) is 1.40. The first kappa shape index (κ1) is 12.3. The van der Waals surface area contributed by atoms with Gasteiger partial charge in [-0.3, -0.25) is 0 Å². The maximum atomic E-state index is 13.5. The second-order valence-corrected chi connectivity index (χ2v) is 5.08. The first-order chi connectivity index (χ1) is 9.22. The van der Waals surface area contributed by atoms with Crippen molar-refractivity contribution in [2.75, 3.05) is 0 Å². The van der Waals surface area contributed by atoms with E-state index in [9.17, 15) is 4.39 Å². The monoisotopic (exact) mass is 261 g/mol. The quantitative estimate of drug-likeness (QED) is 0.895. The van der Waals surface area contributed by atoms with Crippen molar-refractivity contribution in [1.29, 1.82) is 0 Å². The molecule has 2 N–H and O–H groups in total. The average Bonchev–Trinajstić information content (AvgIpc) is 3.16. The minimum atomic E-state index is -0.247. The molecule has 0 aliphatic heterocycles. The lowest BCUT2D eigenvalue weighted by atomic mass is 10.1. The lowest BCUT2D eigenvalue weighted by Crippen LogP contribution is -2.25. The number of nitrogens with zero attached hydrogens (tertiary/aromatic N) is 2. The van der Waals surface area contributed by atoms with Crippen molar-refractivity contribution in [3.8, 4) is 0 Å². The summed E-state index contributed by atoms with van der Waals surface area (Å²) in [6.45, 7) is 0. The third-order valence-electron chi connectivity index (χ3n) is 3.45. The van der Waals surface area contributed by atoms with Gasteiger partial charge in [0.05, 0.1) is 0 Å². The fourth-order valence-corrected chi connectivity index (χ4v) is 2.15. The summed E-state index contributed by atoms with van der Waals surface area (Å²) in [7, 11) is 0. The Morgan fingerprint density at radius 1 is 1.37 bits per heavy atom. The van der Waals surface area contributed by atoms with Gasteiger partial charge in [-0.2, -0.15) is 4.98 Å². The van der Waals surface area contributed by atoms with Crippen LogP contribution in [0, 0.1) is 11.7 Å². The predicted octanol–water partition coefficient (Wildman–Crippen LogP) is 2.08. The van der Waals surface area contributed by atoms with Gasteiger partial charge in [-0.25, -0.2) is 4.39 Å². The Hall–Kier alpha value is -1.75. The van der Waals surface area contributed by atoms with E-state index in [4.69, 9.17) is 10.3 Å². The Kier molecular flexibility index (Phi) is 3.29. The molecule has 0 spiro atoms. The Bertz CT molecular complexity index is 565. The molecule has 1 saturated carbocycles. The van der Waals surface area contributed by atoms with E-state index in [-0.39, 0.29) is 11.9 Å². The highest BCUT2D eigenvalue weighted by molar-refractivity contribution is 5.20. The van der Waals surface area contributed by atoms with E-state index in [0.29, 0.717) is 36.0 Å². The molecule has 1 aromatic carbocycles. The number of halogens is 1. The summed E-state index contributed by atoms with van der Waals surface area (Å²) in [4.78, 5) is 4.27. The molecule has 3 rings (SSSR count). The topological polar surface area (TPSA) is 64.9 Å². The molecule has 1 atom stereocenters. The van der Waals surface area contributed by atoms with E-state index in [1.165, 1.54) is 18.9 Å². The highest BCUT2D eigenvalue weighted by Crippen LogP contribution is 2.32. The van der Waals surface area contributed by atoms with Crippen molar-refractivity contribution in [2.24, 2.45) is 11.7 Å². The van der Waals surface area contributed by atoms with Gasteiger partial charge in [0.15, 0.2) is 5.82 Å². The zero-order chi connectivity index (χ0) is 13.2. The summed E-state index contributed by atoms with van der Waals surface area (Å²) in [5, 5.41) is 3.88. The van der Waals surface area contributed by atoms with Crippen molar-refractivity contribution in [3.63, 3.8) is 0 Å². The van der Waals surface area contributed by atoms with Gasteiger partial charge >= 0.3 is 0 Å². The smallest absolute Gasteiger partial charge is 0.228 e. The van der Waals surface area contributed by atoms with Crippen molar-refractivity contribution in [2.45, 2.75) is 31.7 Å². The lowest BCUT2D eigenvalue weighted by molar-refractivity contribution is 0.359. The van der Waals surface area contributed by atoms with Gasteiger partial charge < -0.3 is 10.3 Å². The molecule has 5 heteroatoms. The molecule has 1 heterocycles. The number of aromatic nitrogens is 2. The molecule has 1 aliphatic carbocycles. The molecule has 4 nitrogen and oxygen atoms in total. The normalized spacial score (nSPS) is 16.5. The molecular formula is C14H16FN3O. The molecule has 1 aromatic heterocycles. The molecule has 1 fully saturated rings. The van der Waals surface area contributed by atoms with Gasteiger partial charge in [-0.05, 0) is 30.4 Å². The van der Waals surface area contributed by atoms with Crippen molar-refractivity contribution in [1.82, 2.24) is 10.1 Å². The van der Waals surface area contributed by atoms with E-state index in [1.807, 2.05) is 0 Å². The van der Waals surface area contributed by atoms with Gasteiger partial charge in [-0.15, -0.1) is 0 Å². The Labute approximate surface area is 110 Å². The van der Waals surface area contributed by atoms with E-state index in [1.54, 1.807) is 18.2 Å². The number of hydrogen-bond donors (Lipinski definition) is 1. The van der Waals surface area contributed by atoms with Crippen LogP contribution in [0.5, 0.6) is 0 Å². The number of benzene rings is 1. The van der Waals surface area contributed by atoms with Crippen LogP contribution in [0.15, 0.2) is 28.8 Å². The Morgan fingerprint density at radius 3 is 2.89 bits per heavy atom. The van der Waals surface area contributed by atoms with Crippen LogP contribution in [0.3, 0.4) is 0 Å². The fourth-order valence-electron chi connectivity index (χ4n) is 2.15. The first-order valence-corrected chi connectivity index (χ1v) is 6.53. The van der Waals surface area contributed by atoms with Crippen LogP contribution in [0.1, 0.15) is 30.1 Å². The van der Waals surface area contributed by atoms with Crippen LogP contribution >= 0.6 is 0 Å². The first-order valence-electron chi connectivity index (χ1n) is 6.53. The lowest BCUT2D eigenvalue weighted by Gasteiger charge is -2.04. The predicted molar refractivity (Wildman–Crippen MR) is 67.9 cm³/mol. The van der Waals surface area contributed by atoms with Crippen LogP contribution < -0.4 is 5.73 Å². The SMILES string of the molecule is NC(Cc1nc(Cc2ccccc2F)no1)C1CC1. The highest BCUT2D eigenvalue weighted by Gasteiger charge is 2.29. The maximum absolute atomic E-state index is 13.5. The van der Waals surface area contributed by atoms with E-state index in [0.717, 1.165) is 0 Å². The van der Waals surface area contributed by atoms with Gasteiger partial charge in [0, 0.05) is 18.9 Å². The van der Waals surface area contributed by atoms with Crippen LogP contribution in [0.2, 0.25) is 0 Å². The number of hydrogen-bond acceptors (Lipinski definition) is 4. The second-order valence-electron chi connectivity index (χ2n) is 5.08. The molecule has 1 unspecified atom stereocenters. The molecular weight excluding hydrogens is 245 g/mol. The number of nitrogens with two attached hydrogens (primary N) is 1. The van der Waals surface area contributed by atoms with E-state index in [2.05, 4.69) is 10.1 Å². The zero-order valence-corrected chi connectivity index (χ0v) is 10.6. The van der Waals surface area contributed by atoms with Crippen LogP contribution in [0.25, 0.3) is 0 Å². The average molecular weight is 261 g/mol. The summed E-state index contributed by atoms with van der Waals surface area (Å²) in [6.07, 6.45) is 3.33. The van der Waals surface area contributed by atoms with Gasteiger partial charge in [0.2, 0.25) is 5.89 Å². The summed E-state index contributed by atoms with van der Waals surface area (Å²) < 4.78 is 18.7.